The molecule has 0 saturated carbocycles. The summed E-state index contributed by atoms with van der Waals surface area (Å²) in [5.41, 5.74) is 0.699. The van der Waals surface area contributed by atoms with E-state index >= 15 is 0 Å². The third kappa shape index (κ3) is 3.86. The minimum absolute atomic E-state index is 0.228. The maximum atomic E-state index is 12.5. The second-order valence-corrected chi connectivity index (χ2v) is 8.23. The van der Waals surface area contributed by atoms with Crippen molar-refractivity contribution in [2.75, 3.05) is 5.32 Å². The lowest BCUT2D eigenvalue weighted by Gasteiger charge is -2.19. The van der Waals surface area contributed by atoms with Crippen molar-refractivity contribution in [2.24, 2.45) is 0 Å². The number of nitrogens with one attached hydrogen (secondary N) is 2. The van der Waals surface area contributed by atoms with Gasteiger partial charge in [-0.05, 0) is 39.0 Å². The van der Waals surface area contributed by atoms with E-state index in [0.29, 0.717) is 21.2 Å². The summed E-state index contributed by atoms with van der Waals surface area (Å²) in [4.78, 5) is 29.3. The van der Waals surface area contributed by atoms with Crippen LogP contribution in [-0.4, -0.2) is 22.3 Å². The molecule has 5 nitrogen and oxygen atoms in total. The lowest BCUT2D eigenvalue weighted by atomic mass is 10.1. The molecule has 0 saturated heterocycles. The minimum atomic E-state index is -0.367. The molecule has 0 aliphatic heterocycles. The zero-order valence-corrected chi connectivity index (χ0v) is 16.2. The van der Waals surface area contributed by atoms with Gasteiger partial charge in [-0.1, -0.05) is 23.7 Å². The van der Waals surface area contributed by atoms with Crippen molar-refractivity contribution >= 4 is 50.5 Å². The molecule has 2 heterocycles. The molecule has 0 atom stereocenters. The van der Waals surface area contributed by atoms with Gasteiger partial charge in [0, 0.05) is 23.3 Å². The number of halogens is 1. The fourth-order valence-corrected chi connectivity index (χ4v) is 3.89. The smallest absolute Gasteiger partial charge is 0.263 e. The number of thiophene rings is 1. The molecular formula is C19H18ClN3O2S. The molecule has 1 aromatic carbocycles. The topological polar surface area (TPSA) is 71.1 Å². The summed E-state index contributed by atoms with van der Waals surface area (Å²) < 4.78 is 0.758. The Kier molecular flexibility index (Phi) is 4.98. The van der Waals surface area contributed by atoms with Crippen molar-refractivity contribution in [1.82, 2.24) is 10.3 Å². The van der Waals surface area contributed by atoms with Gasteiger partial charge in [0.1, 0.15) is 4.88 Å². The van der Waals surface area contributed by atoms with Crippen LogP contribution >= 0.6 is 22.9 Å². The standard InChI is InChI=1S/C19H18ClN3O2S/c1-19(2,3)23-18(25)16-14(20)12-7-4-8-13(15(12)26-16)22-17(24)11-6-5-9-21-10-11/h4-10H,1-3H3,(H,22,24)(H,23,25). The van der Waals surface area contributed by atoms with Crippen LogP contribution in [0.5, 0.6) is 0 Å². The van der Waals surface area contributed by atoms with Gasteiger partial charge in [0.05, 0.1) is 21.0 Å². The normalized spacial score (nSPS) is 11.4. The molecular weight excluding hydrogens is 370 g/mol. The summed E-state index contributed by atoms with van der Waals surface area (Å²) in [7, 11) is 0. The fourth-order valence-electron chi connectivity index (χ4n) is 2.42. The zero-order valence-electron chi connectivity index (χ0n) is 14.6. The fraction of sp³-hybridized carbons (Fsp3) is 0.211. The number of anilines is 1. The van der Waals surface area contributed by atoms with Crippen LogP contribution in [0.15, 0.2) is 42.7 Å². The van der Waals surface area contributed by atoms with Gasteiger partial charge in [0.2, 0.25) is 0 Å². The monoisotopic (exact) mass is 387 g/mol. The van der Waals surface area contributed by atoms with Crippen molar-refractivity contribution < 1.29 is 9.59 Å². The first-order valence-electron chi connectivity index (χ1n) is 8.01. The minimum Gasteiger partial charge on any atom is -0.347 e. The Labute approximate surface area is 160 Å². The number of aromatic nitrogens is 1. The van der Waals surface area contributed by atoms with Crippen molar-refractivity contribution in [2.45, 2.75) is 26.3 Å². The Morgan fingerprint density at radius 2 is 1.88 bits per heavy atom. The molecule has 0 aliphatic rings. The summed E-state index contributed by atoms with van der Waals surface area (Å²) in [6.07, 6.45) is 3.11. The van der Waals surface area contributed by atoms with E-state index in [1.165, 1.54) is 17.5 Å². The Bertz CT molecular complexity index is 978. The quantitative estimate of drug-likeness (QED) is 0.682. The van der Waals surface area contributed by atoms with Crippen molar-refractivity contribution in [3.63, 3.8) is 0 Å². The van der Waals surface area contributed by atoms with E-state index in [1.54, 1.807) is 30.5 Å². The largest absolute Gasteiger partial charge is 0.347 e. The molecule has 2 aromatic heterocycles. The van der Waals surface area contributed by atoms with E-state index < -0.39 is 0 Å². The number of fused-ring (bicyclic) bond motifs is 1. The van der Waals surface area contributed by atoms with E-state index in [9.17, 15) is 9.59 Å². The number of amides is 2. The number of nitrogens with zero attached hydrogens (tertiary/aromatic N) is 1. The average Bonchev–Trinajstić information content (AvgIpc) is 2.92. The second kappa shape index (κ2) is 7.05. The first kappa shape index (κ1) is 18.4. The molecule has 2 N–H and O–H groups in total. The molecule has 0 spiro atoms. The van der Waals surface area contributed by atoms with Crippen LogP contribution in [0.3, 0.4) is 0 Å². The van der Waals surface area contributed by atoms with Crippen LogP contribution in [0.2, 0.25) is 5.02 Å². The predicted octanol–water partition coefficient (Wildman–Crippen LogP) is 4.73. The highest BCUT2D eigenvalue weighted by Crippen LogP contribution is 2.39. The number of rotatable bonds is 3. The SMILES string of the molecule is CC(C)(C)NC(=O)c1sc2c(NC(=O)c3cccnc3)cccc2c1Cl. The zero-order chi connectivity index (χ0) is 18.9. The van der Waals surface area contributed by atoms with E-state index in [1.807, 2.05) is 26.8 Å². The number of pyridine rings is 1. The van der Waals surface area contributed by atoms with Gasteiger partial charge in [-0.2, -0.15) is 0 Å². The third-order valence-corrected chi connectivity index (χ3v) is 5.26. The molecule has 26 heavy (non-hydrogen) atoms. The lowest BCUT2D eigenvalue weighted by Crippen LogP contribution is -2.40. The van der Waals surface area contributed by atoms with Gasteiger partial charge in [0.25, 0.3) is 11.8 Å². The van der Waals surface area contributed by atoms with Gasteiger partial charge < -0.3 is 10.6 Å². The van der Waals surface area contributed by atoms with Crippen LogP contribution in [0.25, 0.3) is 10.1 Å². The van der Waals surface area contributed by atoms with Gasteiger partial charge >= 0.3 is 0 Å². The summed E-state index contributed by atoms with van der Waals surface area (Å²) in [5.74, 6) is -0.496. The average molecular weight is 388 g/mol. The molecule has 0 radical (unpaired) electrons. The van der Waals surface area contributed by atoms with Crippen LogP contribution in [-0.2, 0) is 0 Å². The summed E-state index contributed by atoms with van der Waals surface area (Å²) in [6, 6.07) is 8.81. The van der Waals surface area contributed by atoms with Crippen LogP contribution in [0, 0.1) is 0 Å². The number of carbonyl (C=O) groups excluding carboxylic acids is 2. The van der Waals surface area contributed by atoms with E-state index in [4.69, 9.17) is 11.6 Å². The molecule has 2 amide bonds. The highest BCUT2D eigenvalue weighted by molar-refractivity contribution is 7.22. The number of carbonyl (C=O) groups is 2. The summed E-state index contributed by atoms with van der Waals surface area (Å²) >= 11 is 7.70. The highest BCUT2D eigenvalue weighted by Gasteiger charge is 2.22. The number of benzene rings is 1. The molecule has 134 valence electrons. The lowest BCUT2D eigenvalue weighted by molar-refractivity contribution is 0.0923. The van der Waals surface area contributed by atoms with Crippen molar-refractivity contribution in [3.8, 4) is 0 Å². The van der Waals surface area contributed by atoms with Gasteiger partial charge in [-0.3, -0.25) is 14.6 Å². The molecule has 0 bridgehead atoms. The van der Waals surface area contributed by atoms with Crippen molar-refractivity contribution in [1.29, 1.82) is 0 Å². The maximum Gasteiger partial charge on any atom is 0.263 e. The van der Waals surface area contributed by atoms with Gasteiger partial charge in [0.15, 0.2) is 0 Å². The molecule has 0 unspecified atom stereocenters. The highest BCUT2D eigenvalue weighted by atomic mass is 35.5. The molecule has 0 fully saturated rings. The number of hydrogen-bond donors (Lipinski definition) is 2. The Hall–Kier alpha value is -2.44. The van der Waals surface area contributed by atoms with E-state index in [2.05, 4.69) is 15.6 Å². The van der Waals surface area contributed by atoms with Crippen LogP contribution in [0.4, 0.5) is 5.69 Å². The summed E-state index contributed by atoms with van der Waals surface area (Å²) in [6.45, 7) is 5.73. The van der Waals surface area contributed by atoms with Gasteiger partial charge in [-0.15, -0.1) is 11.3 Å². The maximum absolute atomic E-state index is 12.5. The Morgan fingerprint density at radius 3 is 2.54 bits per heavy atom. The third-order valence-electron chi connectivity index (χ3n) is 3.52. The molecule has 3 rings (SSSR count). The first-order chi connectivity index (χ1) is 12.3. The molecule has 7 heteroatoms. The Balaban J connectivity index is 1.97. The van der Waals surface area contributed by atoms with Crippen molar-refractivity contribution in [3.05, 3.63) is 58.2 Å². The van der Waals surface area contributed by atoms with E-state index in [0.717, 1.165) is 10.1 Å². The summed E-state index contributed by atoms with van der Waals surface area (Å²) in [5, 5.41) is 6.91. The Morgan fingerprint density at radius 1 is 1.12 bits per heavy atom. The van der Waals surface area contributed by atoms with Crippen LogP contribution in [0.1, 0.15) is 40.8 Å². The molecule has 0 aliphatic carbocycles. The van der Waals surface area contributed by atoms with Gasteiger partial charge in [-0.25, -0.2) is 0 Å². The molecule has 3 aromatic rings. The number of hydrogen-bond acceptors (Lipinski definition) is 4. The first-order valence-corrected chi connectivity index (χ1v) is 9.20. The predicted molar refractivity (Wildman–Crippen MR) is 106 cm³/mol. The van der Waals surface area contributed by atoms with E-state index in [-0.39, 0.29) is 17.4 Å². The second-order valence-electron chi connectivity index (χ2n) is 6.83. The van der Waals surface area contributed by atoms with Crippen LogP contribution < -0.4 is 10.6 Å².